The molecule has 0 atom stereocenters. The Labute approximate surface area is 116 Å². The summed E-state index contributed by atoms with van der Waals surface area (Å²) in [5, 5.41) is 0. The second kappa shape index (κ2) is 4.38. The van der Waals surface area contributed by atoms with Crippen LogP contribution in [0.2, 0.25) is 0 Å². The number of nitrogens with zero attached hydrogens (tertiary/aromatic N) is 4. The Hall–Kier alpha value is -2.27. The second-order valence-corrected chi connectivity index (χ2v) is 5.12. The Balaban J connectivity index is 1.96. The molecule has 20 heavy (non-hydrogen) atoms. The molecule has 4 rings (SSSR count). The minimum absolute atomic E-state index is 0.440. The molecule has 1 aliphatic carbocycles. The molecule has 0 bridgehead atoms. The smallest absolute Gasteiger partial charge is 0.160 e. The molecule has 1 saturated carbocycles. The van der Waals surface area contributed by atoms with Crippen LogP contribution in [0.3, 0.4) is 0 Å². The Morgan fingerprint density at radius 1 is 1.20 bits per heavy atom. The maximum absolute atomic E-state index is 5.68. The van der Waals surface area contributed by atoms with E-state index < -0.39 is 0 Å². The number of aromatic nitrogens is 4. The van der Waals surface area contributed by atoms with Crippen molar-refractivity contribution >= 4 is 11.2 Å². The van der Waals surface area contributed by atoms with Crippen LogP contribution in [0.1, 0.15) is 24.6 Å². The van der Waals surface area contributed by atoms with Gasteiger partial charge < -0.3 is 10.3 Å². The standard InChI is InChI=1S/C15H15N5/c16-9-11-8-10(5-7-17-11)14-19-13-2-1-6-18-15(13)20(14)12-3-4-12/h1-2,5-8,12H,3-4,9,16H2. The molecule has 0 unspecified atom stereocenters. The maximum atomic E-state index is 5.68. The van der Waals surface area contributed by atoms with E-state index in [0.29, 0.717) is 12.6 Å². The van der Waals surface area contributed by atoms with Gasteiger partial charge in [0, 0.05) is 30.5 Å². The molecule has 0 radical (unpaired) electrons. The van der Waals surface area contributed by atoms with Gasteiger partial charge in [-0.05, 0) is 37.1 Å². The molecule has 0 amide bonds. The zero-order chi connectivity index (χ0) is 13.5. The monoisotopic (exact) mass is 265 g/mol. The quantitative estimate of drug-likeness (QED) is 0.788. The molecule has 100 valence electrons. The molecule has 1 aliphatic rings. The number of rotatable bonds is 3. The van der Waals surface area contributed by atoms with E-state index in [9.17, 15) is 0 Å². The van der Waals surface area contributed by atoms with Crippen molar-refractivity contribution in [1.82, 2.24) is 19.5 Å². The maximum Gasteiger partial charge on any atom is 0.160 e. The molecule has 5 nitrogen and oxygen atoms in total. The second-order valence-electron chi connectivity index (χ2n) is 5.12. The Kier molecular flexibility index (Phi) is 2.53. The van der Waals surface area contributed by atoms with Crippen molar-refractivity contribution in [2.24, 2.45) is 5.73 Å². The SMILES string of the molecule is NCc1cc(-c2nc3cccnc3n2C2CC2)ccn1. The molecule has 0 spiro atoms. The van der Waals surface area contributed by atoms with E-state index in [2.05, 4.69) is 14.5 Å². The van der Waals surface area contributed by atoms with Gasteiger partial charge in [-0.1, -0.05) is 0 Å². The lowest BCUT2D eigenvalue weighted by Gasteiger charge is -2.07. The van der Waals surface area contributed by atoms with E-state index >= 15 is 0 Å². The van der Waals surface area contributed by atoms with Gasteiger partial charge in [-0.15, -0.1) is 0 Å². The normalized spacial score (nSPS) is 14.8. The summed E-state index contributed by atoms with van der Waals surface area (Å²) in [4.78, 5) is 13.5. The van der Waals surface area contributed by atoms with Crippen molar-refractivity contribution in [1.29, 1.82) is 0 Å². The first-order chi connectivity index (χ1) is 9.86. The van der Waals surface area contributed by atoms with E-state index in [4.69, 9.17) is 10.7 Å². The first-order valence-electron chi connectivity index (χ1n) is 6.85. The predicted molar refractivity (Wildman–Crippen MR) is 76.9 cm³/mol. The molecular formula is C15H15N5. The number of pyridine rings is 2. The van der Waals surface area contributed by atoms with Crippen LogP contribution in [-0.2, 0) is 6.54 Å². The summed E-state index contributed by atoms with van der Waals surface area (Å²) >= 11 is 0. The van der Waals surface area contributed by atoms with E-state index in [1.807, 2.05) is 30.5 Å². The van der Waals surface area contributed by atoms with Crippen LogP contribution in [0.5, 0.6) is 0 Å². The minimum Gasteiger partial charge on any atom is -0.325 e. The summed E-state index contributed by atoms with van der Waals surface area (Å²) in [5.41, 5.74) is 9.53. The Morgan fingerprint density at radius 2 is 2.10 bits per heavy atom. The number of fused-ring (bicyclic) bond motifs is 1. The summed E-state index contributed by atoms with van der Waals surface area (Å²) in [7, 11) is 0. The van der Waals surface area contributed by atoms with E-state index in [1.54, 1.807) is 6.20 Å². The largest absolute Gasteiger partial charge is 0.325 e. The van der Waals surface area contributed by atoms with Crippen molar-refractivity contribution in [3.63, 3.8) is 0 Å². The molecular weight excluding hydrogens is 250 g/mol. The van der Waals surface area contributed by atoms with Gasteiger partial charge in [0.2, 0.25) is 0 Å². The van der Waals surface area contributed by atoms with Crippen LogP contribution in [0, 0.1) is 0 Å². The topological polar surface area (TPSA) is 69.6 Å². The Bertz CT molecular complexity index is 773. The summed E-state index contributed by atoms with van der Waals surface area (Å²) in [6, 6.07) is 8.46. The van der Waals surface area contributed by atoms with E-state index in [-0.39, 0.29) is 0 Å². The zero-order valence-corrected chi connectivity index (χ0v) is 11.0. The number of hydrogen-bond donors (Lipinski definition) is 1. The van der Waals surface area contributed by atoms with Gasteiger partial charge in [0.25, 0.3) is 0 Å². The van der Waals surface area contributed by atoms with Gasteiger partial charge in [-0.25, -0.2) is 9.97 Å². The fraction of sp³-hybridized carbons (Fsp3) is 0.267. The van der Waals surface area contributed by atoms with Crippen molar-refractivity contribution in [2.75, 3.05) is 0 Å². The molecule has 0 saturated heterocycles. The number of hydrogen-bond acceptors (Lipinski definition) is 4. The lowest BCUT2D eigenvalue weighted by atomic mass is 10.2. The highest BCUT2D eigenvalue weighted by Gasteiger charge is 2.29. The van der Waals surface area contributed by atoms with Gasteiger partial charge in [-0.2, -0.15) is 0 Å². The highest BCUT2D eigenvalue weighted by Crippen LogP contribution is 2.40. The first kappa shape index (κ1) is 11.5. The lowest BCUT2D eigenvalue weighted by Crippen LogP contribution is -2.02. The van der Waals surface area contributed by atoms with Gasteiger partial charge in [0.15, 0.2) is 5.65 Å². The molecule has 3 aromatic rings. The molecule has 3 aromatic heterocycles. The third kappa shape index (κ3) is 1.78. The lowest BCUT2D eigenvalue weighted by molar-refractivity contribution is 0.766. The van der Waals surface area contributed by atoms with Gasteiger partial charge >= 0.3 is 0 Å². The van der Waals surface area contributed by atoms with E-state index in [0.717, 1.165) is 28.2 Å². The fourth-order valence-corrected chi connectivity index (χ4v) is 2.54. The molecule has 2 N–H and O–H groups in total. The fourth-order valence-electron chi connectivity index (χ4n) is 2.54. The third-order valence-electron chi connectivity index (χ3n) is 3.64. The van der Waals surface area contributed by atoms with E-state index in [1.165, 1.54) is 12.8 Å². The average Bonchev–Trinajstić information content (AvgIpc) is 3.27. The highest BCUT2D eigenvalue weighted by atomic mass is 15.2. The molecule has 5 heteroatoms. The number of imidazole rings is 1. The Morgan fingerprint density at radius 3 is 2.90 bits per heavy atom. The van der Waals surface area contributed by atoms with Crippen molar-refractivity contribution in [2.45, 2.75) is 25.4 Å². The summed E-state index contributed by atoms with van der Waals surface area (Å²) in [6.07, 6.45) is 6.01. The van der Waals surface area contributed by atoms with Crippen LogP contribution in [-0.4, -0.2) is 19.5 Å². The van der Waals surface area contributed by atoms with Crippen LogP contribution < -0.4 is 5.73 Å². The summed E-state index contributed by atoms with van der Waals surface area (Å²) < 4.78 is 2.25. The van der Waals surface area contributed by atoms with Crippen LogP contribution in [0.25, 0.3) is 22.6 Å². The highest BCUT2D eigenvalue weighted by molar-refractivity contribution is 5.77. The van der Waals surface area contributed by atoms with Gasteiger partial charge in [0.1, 0.15) is 11.3 Å². The first-order valence-corrected chi connectivity index (χ1v) is 6.85. The molecule has 0 aromatic carbocycles. The molecule has 3 heterocycles. The van der Waals surface area contributed by atoms with Crippen LogP contribution in [0.15, 0.2) is 36.7 Å². The number of nitrogens with two attached hydrogens (primary N) is 1. The van der Waals surface area contributed by atoms with Crippen molar-refractivity contribution in [3.05, 3.63) is 42.4 Å². The van der Waals surface area contributed by atoms with Crippen molar-refractivity contribution in [3.8, 4) is 11.4 Å². The average molecular weight is 265 g/mol. The predicted octanol–water partition coefficient (Wildman–Crippen LogP) is 2.29. The van der Waals surface area contributed by atoms with Gasteiger partial charge in [0.05, 0.1) is 5.69 Å². The summed E-state index contributed by atoms with van der Waals surface area (Å²) in [6.45, 7) is 0.440. The zero-order valence-electron chi connectivity index (χ0n) is 11.0. The van der Waals surface area contributed by atoms with Gasteiger partial charge in [-0.3, -0.25) is 4.98 Å². The third-order valence-corrected chi connectivity index (χ3v) is 3.64. The molecule has 1 fully saturated rings. The summed E-state index contributed by atoms with van der Waals surface area (Å²) in [5.74, 6) is 0.971. The van der Waals surface area contributed by atoms with Crippen molar-refractivity contribution < 1.29 is 0 Å². The van der Waals surface area contributed by atoms with Crippen LogP contribution >= 0.6 is 0 Å². The molecule has 0 aliphatic heterocycles. The minimum atomic E-state index is 0.440. The van der Waals surface area contributed by atoms with Crippen LogP contribution in [0.4, 0.5) is 0 Å².